The molecule has 0 saturated heterocycles. The molecule has 0 bridgehead atoms. The van der Waals surface area contributed by atoms with Crippen molar-refractivity contribution in [2.45, 2.75) is 6.92 Å². The van der Waals surface area contributed by atoms with Gasteiger partial charge in [0.05, 0.1) is 25.0 Å². The van der Waals surface area contributed by atoms with Crippen molar-refractivity contribution in [1.29, 1.82) is 0 Å². The number of anilines is 3. The van der Waals surface area contributed by atoms with Crippen molar-refractivity contribution in [2.24, 2.45) is 0 Å². The fraction of sp³-hybridized carbons (Fsp3) is 0.111. The van der Waals surface area contributed by atoms with E-state index in [1.165, 1.54) is 13.2 Å². The first-order chi connectivity index (χ1) is 17.8. The van der Waals surface area contributed by atoms with E-state index in [4.69, 9.17) is 21.1 Å². The first-order valence-corrected chi connectivity index (χ1v) is 11.6. The molecule has 0 unspecified atom stereocenters. The maximum absolute atomic E-state index is 13.0. The van der Waals surface area contributed by atoms with Gasteiger partial charge in [-0.15, -0.1) is 0 Å². The number of rotatable bonds is 8. The Labute approximate surface area is 217 Å². The summed E-state index contributed by atoms with van der Waals surface area (Å²) in [5.74, 6) is -1.58. The molecule has 188 valence electrons. The molecule has 37 heavy (non-hydrogen) atoms. The summed E-state index contributed by atoms with van der Waals surface area (Å²) in [7, 11) is 1.51. The van der Waals surface area contributed by atoms with Crippen LogP contribution in [0.3, 0.4) is 0 Å². The van der Waals surface area contributed by atoms with Crippen LogP contribution in [0.5, 0.6) is 5.75 Å². The molecule has 1 aliphatic heterocycles. The molecule has 2 N–H and O–H groups in total. The zero-order valence-electron chi connectivity index (χ0n) is 19.9. The van der Waals surface area contributed by atoms with E-state index in [9.17, 15) is 19.2 Å². The predicted octanol–water partition coefficient (Wildman–Crippen LogP) is 4.56. The van der Waals surface area contributed by atoms with E-state index in [0.29, 0.717) is 33.9 Å². The summed E-state index contributed by atoms with van der Waals surface area (Å²) in [4.78, 5) is 51.3. The first kappa shape index (κ1) is 25.5. The second kappa shape index (κ2) is 11.0. The Morgan fingerprint density at radius 1 is 0.892 bits per heavy atom. The van der Waals surface area contributed by atoms with Crippen LogP contribution in [0, 0.1) is 0 Å². The Kier molecular flexibility index (Phi) is 7.55. The Hall–Kier alpha value is -4.63. The molecule has 3 aromatic carbocycles. The van der Waals surface area contributed by atoms with E-state index in [1.807, 2.05) is 0 Å². The lowest BCUT2D eigenvalue weighted by Gasteiger charge is -2.15. The number of nitrogens with zero attached hydrogens (tertiary/aromatic N) is 1. The molecule has 3 amide bonds. The zero-order valence-corrected chi connectivity index (χ0v) is 20.7. The van der Waals surface area contributed by atoms with Gasteiger partial charge in [-0.25, -0.2) is 9.69 Å². The van der Waals surface area contributed by atoms with Crippen LogP contribution in [-0.2, 0) is 14.3 Å². The molecule has 0 saturated carbocycles. The summed E-state index contributed by atoms with van der Waals surface area (Å²) in [6.45, 7) is 1.99. The minimum Gasteiger partial charge on any atom is -0.497 e. The van der Waals surface area contributed by atoms with Crippen LogP contribution in [0.15, 0.2) is 83.5 Å². The number of nitrogens with one attached hydrogen (secondary N) is 2. The third kappa shape index (κ3) is 5.46. The molecule has 4 rings (SSSR count). The van der Waals surface area contributed by atoms with Crippen molar-refractivity contribution < 1.29 is 28.7 Å². The molecule has 3 aromatic rings. The van der Waals surface area contributed by atoms with Gasteiger partial charge in [-0.2, -0.15) is 0 Å². The van der Waals surface area contributed by atoms with Gasteiger partial charge >= 0.3 is 5.97 Å². The van der Waals surface area contributed by atoms with Gasteiger partial charge in [0.15, 0.2) is 0 Å². The smallest absolute Gasteiger partial charge is 0.338 e. The fourth-order valence-corrected chi connectivity index (χ4v) is 3.78. The molecule has 0 aromatic heterocycles. The number of hydrogen-bond acceptors (Lipinski definition) is 7. The van der Waals surface area contributed by atoms with Crippen LogP contribution in [0.25, 0.3) is 0 Å². The van der Waals surface area contributed by atoms with E-state index < -0.39 is 23.7 Å². The fourth-order valence-electron chi connectivity index (χ4n) is 3.57. The van der Waals surface area contributed by atoms with Crippen LogP contribution in [0.4, 0.5) is 17.1 Å². The predicted molar refractivity (Wildman–Crippen MR) is 139 cm³/mol. The lowest BCUT2D eigenvalue weighted by atomic mass is 10.1. The quantitative estimate of drug-likeness (QED) is 0.331. The van der Waals surface area contributed by atoms with E-state index in [2.05, 4.69) is 10.6 Å². The Balaban J connectivity index is 1.47. The average Bonchev–Trinajstić information content (AvgIpc) is 3.12. The highest BCUT2D eigenvalue weighted by Crippen LogP contribution is 2.31. The maximum atomic E-state index is 13.0. The van der Waals surface area contributed by atoms with Gasteiger partial charge in [0, 0.05) is 16.9 Å². The molecule has 1 aliphatic rings. The van der Waals surface area contributed by atoms with Gasteiger partial charge in [0.1, 0.15) is 16.5 Å². The van der Waals surface area contributed by atoms with Gasteiger partial charge in [0.25, 0.3) is 17.7 Å². The van der Waals surface area contributed by atoms with E-state index in [1.54, 1.807) is 73.7 Å². The summed E-state index contributed by atoms with van der Waals surface area (Å²) in [6.07, 6.45) is 0. The normalized spacial score (nSPS) is 13.0. The number of esters is 1. The first-order valence-electron chi connectivity index (χ1n) is 11.2. The largest absolute Gasteiger partial charge is 0.497 e. The highest BCUT2D eigenvalue weighted by atomic mass is 35.5. The van der Waals surface area contributed by atoms with Crippen LogP contribution in [0.2, 0.25) is 0 Å². The number of carbonyl (C=O) groups excluding carboxylic acids is 4. The lowest BCUT2D eigenvalue weighted by Crippen LogP contribution is -2.32. The van der Waals surface area contributed by atoms with Crippen LogP contribution in [-0.4, -0.2) is 37.4 Å². The van der Waals surface area contributed by atoms with Crippen molar-refractivity contribution >= 4 is 52.4 Å². The van der Waals surface area contributed by atoms with Gasteiger partial charge in [-0.05, 0) is 73.7 Å². The van der Waals surface area contributed by atoms with Crippen molar-refractivity contribution in [2.75, 3.05) is 29.3 Å². The number of imide groups is 1. The van der Waals surface area contributed by atoms with E-state index in [0.717, 1.165) is 4.90 Å². The molecule has 0 radical (unpaired) electrons. The topological polar surface area (TPSA) is 114 Å². The molecule has 9 nitrogen and oxygen atoms in total. The van der Waals surface area contributed by atoms with E-state index in [-0.39, 0.29) is 17.3 Å². The van der Waals surface area contributed by atoms with Crippen LogP contribution < -0.4 is 20.3 Å². The van der Waals surface area contributed by atoms with Gasteiger partial charge in [0.2, 0.25) is 0 Å². The van der Waals surface area contributed by atoms with Crippen LogP contribution in [0.1, 0.15) is 27.6 Å². The Morgan fingerprint density at radius 2 is 1.59 bits per heavy atom. The summed E-state index contributed by atoms with van der Waals surface area (Å²) >= 11 is 6.21. The SMILES string of the molecule is CCOC(=O)c1ccc(NC(=O)c2cccc(NC3=C(Cl)C(=O)N(c4ccc(OC)cc4)C3=O)c2)cc1. The lowest BCUT2D eigenvalue weighted by molar-refractivity contribution is -0.120. The second-order valence-corrected chi connectivity index (χ2v) is 8.17. The maximum Gasteiger partial charge on any atom is 0.338 e. The van der Waals surface area contributed by atoms with Gasteiger partial charge < -0.3 is 20.1 Å². The number of benzene rings is 3. The van der Waals surface area contributed by atoms with Gasteiger partial charge in [-0.1, -0.05) is 17.7 Å². The molecular formula is C27H22ClN3O6. The minimum atomic E-state index is -0.667. The van der Waals surface area contributed by atoms with E-state index >= 15 is 0 Å². The molecule has 0 atom stereocenters. The summed E-state index contributed by atoms with van der Waals surface area (Å²) in [5, 5.41) is 5.34. The number of methoxy groups -OCH3 is 1. The summed E-state index contributed by atoms with van der Waals surface area (Å²) in [6, 6.07) is 19.1. The van der Waals surface area contributed by atoms with Gasteiger partial charge in [-0.3, -0.25) is 14.4 Å². The highest BCUT2D eigenvalue weighted by Gasteiger charge is 2.39. The molecule has 0 aliphatic carbocycles. The Morgan fingerprint density at radius 3 is 2.24 bits per heavy atom. The standard InChI is InChI=1S/C27H22ClN3O6/c1-3-37-27(35)16-7-9-18(10-8-16)30-24(32)17-5-4-6-19(15-17)29-23-22(28)25(33)31(26(23)34)20-11-13-21(36-2)14-12-20/h4-15,29H,3H2,1-2H3,(H,30,32). The minimum absolute atomic E-state index is 0.102. The number of carbonyl (C=O) groups is 4. The molecule has 0 spiro atoms. The summed E-state index contributed by atoms with van der Waals surface area (Å²) in [5.41, 5.74) is 1.77. The van der Waals surface area contributed by atoms with Crippen molar-refractivity contribution in [3.8, 4) is 5.75 Å². The van der Waals surface area contributed by atoms with Crippen LogP contribution >= 0.6 is 11.6 Å². The third-order valence-electron chi connectivity index (χ3n) is 5.41. The molecule has 0 fully saturated rings. The molecule has 1 heterocycles. The number of halogens is 1. The number of ether oxygens (including phenoxy) is 2. The highest BCUT2D eigenvalue weighted by molar-refractivity contribution is 6.53. The number of hydrogen-bond donors (Lipinski definition) is 2. The second-order valence-electron chi connectivity index (χ2n) is 7.79. The average molecular weight is 520 g/mol. The van der Waals surface area contributed by atoms with Crippen molar-refractivity contribution in [1.82, 2.24) is 0 Å². The molecule has 10 heteroatoms. The number of amides is 3. The molecular weight excluding hydrogens is 498 g/mol. The zero-order chi connectivity index (χ0) is 26.5. The third-order valence-corrected chi connectivity index (χ3v) is 5.76. The van der Waals surface area contributed by atoms with Crippen molar-refractivity contribution in [3.05, 3.63) is 94.7 Å². The Bertz CT molecular complexity index is 1400. The van der Waals surface area contributed by atoms with Crippen molar-refractivity contribution in [3.63, 3.8) is 0 Å². The summed E-state index contributed by atoms with van der Waals surface area (Å²) < 4.78 is 10.1. The monoisotopic (exact) mass is 519 g/mol.